The van der Waals surface area contributed by atoms with Crippen molar-refractivity contribution in [3.8, 4) is 5.75 Å². The fraction of sp³-hybridized carbons (Fsp3) is 0.571. The summed E-state index contributed by atoms with van der Waals surface area (Å²) < 4.78 is 6.45. The summed E-state index contributed by atoms with van der Waals surface area (Å²) in [6, 6.07) is 7.18. The van der Waals surface area contributed by atoms with E-state index in [0.717, 1.165) is 19.3 Å². The van der Waals surface area contributed by atoms with E-state index in [-0.39, 0.29) is 30.2 Å². The highest BCUT2D eigenvalue weighted by molar-refractivity contribution is 6.00. The van der Waals surface area contributed by atoms with E-state index >= 15 is 0 Å². The van der Waals surface area contributed by atoms with Crippen molar-refractivity contribution in [1.82, 2.24) is 25.1 Å². The minimum absolute atomic E-state index is 0.0678. The summed E-state index contributed by atoms with van der Waals surface area (Å²) in [5, 5.41) is 14.0. The smallest absolute Gasteiger partial charge is 0.250 e. The molecule has 1 aliphatic rings. The Kier molecular flexibility index (Phi) is 7.09. The number of methoxy groups -OCH3 is 1. The van der Waals surface area contributed by atoms with Gasteiger partial charge in [-0.2, -0.15) is 0 Å². The largest absolute Gasteiger partial charge is 0.497 e. The number of carbonyl (C=O) groups excluding carboxylic acids is 2. The number of aromatic nitrogens is 4. The number of tetrazole rings is 1. The molecule has 2 aromatic rings. The van der Waals surface area contributed by atoms with Crippen LogP contribution in [0.5, 0.6) is 5.75 Å². The second-order valence-corrected chi connectivity index (χ2v) is 8.37. The van der Waals surface area contributed by atoms with E-state index in [1.807, 2.05) is 13.8 Å². The van der Waals surface area contributed by atoms with Gasteiger partial charge < -0.3 is 20.7 Å². The third kappa shape index (κ3) is 5.12. The Morgan fingerprint density at radius 3 is 2.45 bits per heavy atom. The van der Waals surface area contributed by atoms with Gasteiger partial charge in [-0.1, -0.05) is 38.2 Å². The fourth-order valence-electron chi connectivity index (χ4n) is 4.10. The molecule has 10 nitrogen and oxygen atoms in total. The lowest BCUT2D eigenvalue weighted by Gasteiger charge is -2.45. The maximum absolute atomic E-state index is 13.6. The molecule has 0 bridgehead atoms. The van der Waals surface area contributed by atoms with Crippen molar-refractivity contribution < 1.29 is 14.3 Å². The Labute approximate surface area is 182 Å². The molecule has 0 aliphatic heterocycles. The standard InChI is InChI=1S/C21H31N7O3/c1-15(2)13-27(18(29)14-28-20(22)24-25-26-28)21(11-5-4-6-12-21)19(30)23-16-7-9-17(31-3)10-8-16/h7-10,15H,4-6,11-14H2,1-3H3,(H,23,30)(H2,22,24,26). The number of nitrogens with two attached hydrogens (primary N) is 1. The molecule has 1 aliphatic carbocycles. The number of rotatable bonds is 8. The van der Waals surface area contributed by atoms with Crippen molar-refractivity contribution in [3.05, 3.63) is 24.3 Å². The third-order valence-electron chi connectivity index (χ3n) is 5.66. The van der Waals surface area contributed by atoms with E-state index < -0.39 is 5.54 Å². The highest BCUT2D eigenvalue weighted by Crippen LogP contribution is 2.36. The van der Waals surface area contributed by atoms with Crippen LogP contribution in [0.1, 0.15) is 46.0 Å². The summed E-state index contributed by atoms with van der Waals surface area (Å²) in [6.45, 7) is 4.41. The van der Waals surface area contributed by atoms with Crippen LogP contribution in [0.4, 0.5) is 11.6 Å². The van der Waals surface area contributed by atoms with Gasteiger partial charge >= 0.3 is 0 Å². The molecule has 3 rings (SSSR count). The lowest BCUT2D eigenvalue weighted by Crippen LogP contribution is -2.61. The number of carbonyl (C=O) groups is 2. The number of amides is 2. The molecule has 0 saturated heterocycles. The van der Waals surface area contributed by atoms with E-state index in [1.54, 1.807) is 36.3 Å². The maximum atomic E-state index is 13.6. The molecule has 3 N–H and O–H groups in total. The van der Waals surface area contributed by atoms with Gasteiger partial charge in [-0.3, -0.25) is 9.59 Å². The molecule has 1 fully saturated rings. The molecule has 168 valence electrons. The molecule has 0 spiro atoms. The van der Waals surface area contributed by atoms with Crippen LogP contribution in [0.25, 0.3) is 0 Å². The Morgan fingerprint density at radius 1 is 1.23 bits per heavy atom. The van der Waals surface area contributed by atoms with Crippen molar-refractivity contribution in [3.63, 3.8) is 0 Å². The quantitative estimate of drug-likeness (QED) is 0.657. The first-order chi connectivity index (χ1) is 14.9. The Morgan fingerprint density at radius 2 is 1.90 bits per heavy atom. The molecule has 0 radical (unpaired) electrons. The molecule has 0 unspecified atom stereocenters. The van der Waals surface area contributed by atoms with Crippen molar-refractivity contribution in [1.29, 1.82) is 0 Å². The molecule has 1 aromatic heterocycles. The molecule has 1 aromatic carbocycles. The first-order valence-corrected chi connectivity index (χ1v) is 10.6. The molecule has 10 heteroatoms. The van der Waals surface area contributed by atoms with Gasteiger partial charge in [0.05, 0.1) is 7.11 Å². The second kappa shape index (κ2) is 9.76. The summed E-state index contributed by atoms with van der Waals surface area (Å²) in [5.41, 5.74) is 5.49. The number of ether oxygens (including phenoxy) is 1. The summed E-state index contributed by atoms with van der Waals surface area (Å²) in [7, 11) is 1.59. The highest BCUT2D eigenvalue weighted by atomic mass is 16.5. The highest BCUT2D eigenvalue weighted by Gasteiger charge is 2.47. The molecule has 1 heterocycles. The van der Waals surface area contributed by atoms with Gasteiger partial charge in [-0.15, -0.1) is 0 Å². The number of hydrogen-bond donors (Lipinski definition) is 2. The van der Waals surface area contributed by atoms with Gasteiger partial charge in [0.15, 0.2) is 0 Å². The van der Waals surface area contributed by atoms with E-state index in [4.69, 9.17) is 10.5 Å². The fourth-order valence-corrected chi connectivity index (χ4v) is 4.10. The van der Waals surface area contributed by atoms with E-state index in [9.17, 15) is 9.59 Å². The summed E-state index contributed by atoms with van der Waals surface area (Å²) in [6.07, 6.45) is 4.02. The van der Waals surface area contributed by atoms with Crippen molar-refractivity contribution in [2.75, 3.05) is 24.7 Å². The van der Waals surface area contributed by atoms with Gasteiger partial charge in [0.2, 0.25) is 17.8 Å². The second-order valence-electron chi connectivity index (χ2n) is 8.37. The van der Waals surface area contributed by atoms with Gasteiger partial charge in [0, 0.05) is 12.2 Å². The molecular formula is C21H31N7O3. The normalized spacial score (nSPS) is 15.5. The van der Waals surface area contributed by atoms with Crippen LogP contribution < -0.4 is 15.8 Å². The lowest BCUT2D eigenvalue weighted by atomic mass is 9.78. The zero-order valence-corrected chi connectivity index (χ0v) is 18.4. The van der Waals surface area contributed by atoms with Gasteiger partial charge in [0.25, 0.3) is 0 Å². The number of nitrogen functional groups attached to an aromatic ring is 1. The van der Waals surface area contributed by atoms with Crippen LogP contribution in [-0.4, -0.2) is 56.1 Å². The van der Waals surface area contributed by atoms with E-state index in [2.05, 4.69) is 20.8 Å². The maximum Gasteiger partial charge on any atom is 0.250 e. The van der Waals surface area contributed by atoms with Crippen molar-refractivity contribution >= 4 is 23.5 Å². The van der Waals surface area contributed by atoms with E-state index in [1.165, 1.54) is 4.68 Å². The van der Waals surface area contributed by atoms with Crippen LogP contribution in [0.2, 0.25) is 0 Å². The Hall–Kier alpha value is -3.17. The molecule has 0 atom stereocenters. The minimum atomic E-state index is -0.928. The topological polar surface area (TPSA) is 128 Å². The minimum Gasteiger partial charge on any atom is -0.497 e. The predicted octanol–water partition coefficient (Wildman–Crippen LogP) is 2.09. The van der Waals surface area contributed by atoms with Gasteiger partial charge in [-0.05, 0) is 53.5 Å². The number of hydrogen-bond acceptors (Lipinski definition) is 7. The summed E-state index contributed by atoms with van der Waals surface area (Å²) >= 11 is 0. The predicted molar refractivity (Wildman–Crippen MR) is 116 cm³/mol. The average molecular weight is 430 g/mol. The molecule has 31 heavy (non-hydrogen) atoms. The number of nitrogens with one attached hydrogen (secondary N) is 1. The van der Waals surface area contributed by atoms with Crippen molar-refractivity contribution in [2.24, 2.45) is 5.92 Å². The number of benzene rings is 1. The average Bonchev–Trinajstić information content (AvgIpc) is 3.17. The van der Waals surface area contributed by atoms with Gasteiger partial charge in [0.1, 0.15) is 17.8 Å². The van der Waals surface area contributed by atoms with Crippen LogP contribution in [-0.2, 0) is 16.1 Å². The summed E-state index contributed by atoms with van der Waals surface area (Å²) in [4.78, 5) is 28.8. The SMILES string of the molecule is COc1ccc(NC(=O)C2(N(CC(C)C)C(=O)Cn3nnnc3N)CCCCC2)cc1. The third-order valence-corrected chi connectivity index (χ3v) is 5.66. The number of nitrogens with zero attached hydrogens (tertiary/aromatic N) is 5. The van der Waals surface area contributed by atoms with Crippen LogP contribution in [0.15, 0.2) is 24.3 Å². The molecular weight excluding hydrogens is 398 g/mol. The summed E-state index contributed by atoms with van der Waals surface area (Å²) in [5.74, 6) is 0.567. The van der Waals surface area contributed by atoms with Crippen molar-refractivity contribution in [2.45, 2.75) is 58.0 Å². The molecule has 2 amide bonds. The Bertz CT molecular complexity index is 889. The zero-order chi connectivity index (χ0) is 22.4. The van der Waals surface area contributed by atoms with Crippen LogP contribution >= 0.6 is 0 Å². The number of anilines is 2. The first kappa shape index (κ1) is 22.5. The van der Waals surface area contributed by atoms with Crippen LogP contribution in [0, 0.1) is 5.92 Å². The zero-order valence-electron chi connectivity index (χ0n) is 18.4. The van der Waals surface area contributed by atoms with Gasteiger partial charge in [-0.25, -0.2) is 4.68 Å². The monoisotopic (exact) mass is 429 g/mol. The lowest BCUT2D eigenvalue weighted by molar-refractivity contribution is -0.149. The first-order valence-electron chi connectivity index (χ1n) is 10.6. The van der Waals surface area contributed by atoms with Crippen LogP contribution in [0.3, 0.4) is 0 Å². The van der Waals surface area contributed by atoms with E-state index in [0.29, 0.717) is 30.8 Å². The Balaban J connectivity index is 1.89. The molecule has 1 saturated carbocycles.